The van der Waals surface area contributed by atoms with Crippen LogP contribution in [0.5, 0.6) is 0 Å². The summed E-state index contributed by atoms with van der Waals surface area (Å²) in [4.78, 5) is 77.8. The number of carbonyl (C=O) groups excluding carboxylic acids is 6. The zero-order chi connectivity index (χ0) is 34.5. The van der Waals surface area contributed by atoms with E-state index in [1.807, 2.05) is 19.2 Å². The molecule has 0 saturated carbocycles. The molecule has 254 valence electrons. The van der Waals surface area contributed by atoms with Gasteiger partial charge in [0.15, 0.2) is 5.78 Å². The monoisotopic (exact) mass is 649 g/mol. The van der Waals surface area contributed by atoms with Gasteiger partial charge in [-0.2, -0.15) is 0 Å². The van der Waals surface area contributed by atoms with E-state index >= 15 is 0 Å². The molecular formula is C33H55N5O6S. The predicted molar refractivity (Wildman–Crippen MR) is 178 cm³/mol. The van der Waals surface area contributed by atoms with Crippen LogP contribution in [0.1, 0.15) is 111 Å². The molecule has 1 saturated heterocycles. The van der Waals surface area contributed by atoms with E-state index in [4.69, 9.17) is 5.73 Å². The maximum absolute atomic E-state index is 13.7. The molecule has 4 unspecified atom stereocenters. The standard InChI is InChI=1S/C27H41N5O6S.C6H14/c1-7-16(21(34)23(28)35)29-24(36)18-10-8-12-32(18)25(37)22(27(4,5)6)31-26(38)30-17(15(2)3)14-19(33)20-11-9-13-39-20;1-4-6(3)5-2/h9,11,13,15-18,22H,7-8,10,12,14H2,1-6H3,(H2,28,35)(H,29,36)(H2,30,31,38);6H,4-5H2,1-3H3. The van der Waals surface area contributed by atoms with Gasteiger partial charge in [-0.25, -0.2) is 4.79 Å². The Morgan fingerprint density at radius 2 is 1.60 bits per heavy atom. The van der Waals surface area contributed by atoms with Crippen molar-refractivity contribution in [3.63, 3.8) is 0 Å². The number of nitrogens with zero attached hydrogens (tertiary/aromatic N) is 1. The Bertz CT molecular complexity index is 1140. The molecule has 0 aliphatic carbocycles. The summed E-state index contributed by atoms with van der Waals surface area (Å²) < 4.78 is 0. The zero-order valence-electron chi connectivity index (χ0n) is 28.5. The molecule has 0 aromatic carbocycles. The highest BCUT2D eigenvalue weighted by atomic mass is 32.1. The van der Waals surface area contributed by atoms with Crippen molar-refractivity contribution in [1.29, 1.82) is 0 Å². The van der Waals surface area contributed by atoms with E-state index in [2.05, 4.69) is 36.7 Å². The first-order valence-corrected chi connectivity index (χ1v) is 16.9. The minimum absolute atomic E-state index is 0.0373. The van der Waals surface area contributed by atoms with Crippen molar-refractivity contribution in [2.24, 2.45) is 23.0 Å². The highest BCUT2D eigenvalue weighted by molar-refractivity contribution is 7.12. The topological polar surface area (TPSA) is 168 Å². The van der Waals surface area contributed by atoms with Crippen molar-refractivity contribution in [2.75, 3.05) is 6.54 Å². The molecule has 1 aliphatic rings. The summed E-state index contributed by atoms with van der Waals surface area (Å²) >= 11 is 1.34. The van der Waals surface area contributed by atoms with Crippen molar-refractivity contribution in [3.8, 4) is 0 Å². The second-order valence-electron chi connectivity index (χ2n) is 13.2. The van der Waals surface area contributed by atoms with E-state index in [0.717, 1.165) is 5.92 Å². The number of rotatable bonds is 14. The van der Waals surface area contributed by atoms with E-state index in [9.17, 15) is 28.8 Å². The fourth-order valence-corrected chi connectivity index (χ4v) is 5.41. The molecule has 45 heavy (non-hydrogen) atoms. The number of hydrogen-bond acceptors (Lipinski definition) is 7. The summed E-state index contributed by atoms with van der Waals surface area (Å²) in [6, 6.07) is -0.386. The lowest BCUT2D eigenvalue weighted by Gasteiger charge is -2.36. The van der Waals surface area contributed by atoms with Crippen LogP contribution in [0.25, 0.3) is 0 Å². The summed E-state index contributed by atoms with van der Waals surface area (Å²) in [5.41, 5.74) is 4.38. The molecule has 4 atom stereocenters. The van der Waals surface area contributed by atoms with Crippen molar-refractivity contribution in [1.82, 2.24) is 20.9 Å². The second kappa shape index (κ2) is 18.6. The minimum atomic E-state index is -1.14. The third kappa shape index (κ3) is 12.6. The summed E-state index contributed by atoms with van der Waals surface area (Å²) in [5.74, 6) is -2.19. The molecule has 2 rings (SSSR count). The molecule has 1 aromatic rings. The fourth-order valence-electron chi connectivity index (χ4n) is 4.73. The van der Waals surface area contributed by atoms with Crippen LogP contribution in [0, 0.1) is 17.3 Å². The minimum Gasteiger partial charge on any atom is -0.363 e. The first kappa shape index (κ1) is 39.7. The highest BCUT2D eigenvalue weighted by Gasteiger charge is 2.42. The molecular weight excluding hydrogens is 594 g/mol. The van der Waals surface area contributed by atoms with E-state index < -0.39 is 59.1 Å². The number of likely N-dealkylation sites (tertiary alicyclic amines) is 1. The van der Waals surface area contributed by atoms with Gasteiger partial charge in [-0.3, -0.25) is 24.0 Å². The van der Waals surface area contributed by atoms with Gasteiger partial charge < -0.3 is 26.6 Å². The second-order valence-corrected chi connectivity index (χ2v) is 14.1. The smallest absolute Gasteiger partial charge is 0.315 e. The first-order chi connectivity index (χ1) is 21.0. The van der Waals surface area contributed by atoms with Gasteiger partial charge in [0.2, 0.25) is 17.6 Å². The number of amides is 5. The third-order valence-electron chi connectivity index (χ3n) is 8.23. The summed E-state index contributed by atoms with van der Waals surface area (Å²) in [7, 11) is 0. The maximum Gasteiger partial charge on any atom is 0.315 e. The number of ketones is 2. The molecule has 5 amide bonds. The van der Waals surface area contributed by atoms with E-state index in [1.165, 1.54) is 29.1 Å². The molecule has 2 heterocycles. The quantitative estimate of drug-likeness (QED) is 0.172. The Kier molecular flexibility index (Phi) is 16.5. The van der Waals surface area contributed by atoms with Gasteiger partial charge >= 0.3 is 6.03 Å². The van der Waals surface area contributed by atoms with Crippen LogP contribution in [0.4, 0.5) is 4.79 Å². The molecule has 12 heteroatoms. The van der Waals surface area contributed by atoms with E-state index in [1.54, 1.807) is 39.8 Å². The van der Waals surface area contributed by atoms with Crippen molar-refractivity contribution >= 4 is 46.7 Å². The normalized spacial score (nSPS) is 16.7. The fraction of sp³-hybridized carbons (Fsp3) is 0.697. The Morgan fingerprint density at radius 3 is 2.04 bits per heavy atom. The van der Waals surface area contributed by atoms with Crippen LogP contribution in [-0.2, 0) is 19.2 Å². The van der Waals surface area contributed by atoms with Gasteiger partial charge in [-0.15, -0.1) is 11.3 Å². The van der Waals surface area contributed by atoms with Gasteiger partial charge in [0.1, 0.15) is 12.1 Å². The molecule has 0 bridgehead atoms. The molecule has 5 N–H and O–H groups in total. The van der Waals surface area contributed by atoms with Crippen molar-refractivity contribution < 1.29 is 28.8 Å². The maximum atomic E-state index is 13.7. The van der Waals surface area contributed by atoms with Gasteiger partial charge in [0.05, 0.1) is 10.9 Å². The summed E-state index contributed by atoms with van der Waals surface area (Å²) in [6.07, 6.45) is 3.89. The molecule has 1 aliphatic heterocycles. The van der Waals surface area contributed by atoms with Crippen LogP contribution in [0.15, 0.2) is 17.5 Å². The van der Waals surface area contributed by atoms with Crippen molar-refractivity contribution in [3.05, 3.63) is 22.4 Å². The Morgan fingerprint density at radius 1 is 0.978 bits per heavy atom. The van der Waals surface area contributed by atoms with Gasteiger partial charge in [0, 0.05) is 19.0 Å². The number of carbonyl (C=O) groups is 6. The lowest BCUT2D eigenvalue weighted by molar-refractivity contribution is -0.143. The van der Waals surface area contributed by atoms with Crippen LogP contribution in [0.2, 0.25) is 0 Å². The molecule has 1 fully saturated rings. The average molecular weight is 650 g/mol. The Balaban J connectivity index is 0.00000153. The highest BCUT2D eigenvalue weighted by Crippen LogP contribution is 2.26. The molecule has 0 radical (unpaired) electrons. The largest absolute Gasteiger partial charge is 0.363 e. The summed E-state index contributed by atoms with van der Waals surface area (Å²) in [5, 5.41) is 9.99. The molecule has 1 aromatic heterocycles. The van der Waals surface area contributed by atoms with E-state index in [-0.39, 0.29) is 24.5 Å². The van der Waals surface area contributed by atoms with Crippen LogP contribution >= 0.6 is 11.3 Å². The zero-order valence-corrected chi connectivity index (χ0v) is 29.3. The number of nitrogens with two attached hydrogens (primary N) is 1. The van der Waals surface area contributed by atoms with Gasteiger partial charge in [-0.1, -0.05) is 81.2 Å². The molecule has 0 spiro atoms. The Labute approximate surface area is 272 Å². The number of thiophene rings is 1. The number of hydrogen-bond donors (Lipinski definition) is 4. The SMILES string of the molecule is CCC(C)CC.CCC(NC(=O)C1CCCN1C(=O)C(NC(=O)NC(CC(=O)c1cccs1)C(C)C)C(C)(C)C)C(=O)C(N)=O. The van der Waals surface area contributed by atoms with Crippen molar-refractivity contribution in [2.45, 2.75) is 125 Å². The van der Waals surface area contributed by atoms with Gasteiger partial charge in [-0.05, 0) is 48.0 Å². The average Bonchev–Trinajstić information content (AvgIpc) is 3.70. The van der Waals surface area contributed by atoms with E-state index in [0.29, 0.717) is 24.3 Å². The number of urea groups is 1. The van der Waals surface area contributed by atoms with Crippen LogP contribution < -0.4 is 21.7 Å². The van der Waals surface area contributed by atoms with Crippen LogP contribution in [-0.4, -0.2) is 70.9 Å². The van der Waals surface area contributed by atoms with Crippen LogP contribution in [0.3, 0.4) is 0 Å². The summed E-state index contributed by atoms with van der Waals surface area (Å²) in [6.45, 7) is 17.9. The number of nitrogens with one attached hydrogen (secondary N) is 3. The number of Topliss-reactive ketones (excluding diaryl/α,β-unsaturated/α-hetero) is 2. The molecule has 11 nitrogen and oxygen atoms in total. The predicted octanol–water partition coefficient (Wildman–Crippen LogP) is 4.44. The van der Waals surface area contributed by atoms with Gasteiger partial charge in [0.25, 0.3) is 5.91 Å². The Hall–Kier alpha value is -3.28. The first-order valence-electron chi connectivity index (χ1n) is 16.1. The third-order valence-corrected chi connectivity index (χ3v) is 9.14. The lowest BCUT2D eigenvalue weighted by Crippen LogP contribution is -2.60. The lowest BCUT2D eigenvalue weighted by atomic mass is 9.85. The number of primary amides is 1.